The van der Waals surface area contributed by atoms with Crippen LogP contribution in [0.3, 0.4) is 0 Å². The van der Waals surface area contributed by atoms with Crippen molar-refractivity contribution in [2.24, 2.45) is 11.8 Å². The van der Waals surface area contributed by atoms with E-state index in [9.17, 15) is 0 Å². The normalized spacial score (nSPS) is 44.8. The van der Waals surface area contributed by atoms with E-state index in [1.54, 1.807) is 0 Å². The lowest BCUT2D eigenvalue weighted by molar-refractivity contribution is 0.252. The molecule has 4 atom stereocenters. The van der Waals surface area contributed by atoms with Gasteiger partial charge in [-0.2, -0.15) is 0 Å². The molecule has 0 aromatic heterocycles. The zero-order valence-corrected chi connectivity index (χ0v) is 9.05. The van der Waals surface area contributed by atoms with Gasteiger partial charge in [0.05, 0.1) is 0 Å². The first-order chi connectivity index (χ1) is 6.31. The molecular formula is C12H23N. The Hall–Kier alpha value is -0.0400. The van der Waals surface area contributed by atoms with E-state index in [0.717, 1.165) is 23.9 Å². The third kappa shape index (κ3) is 2.25. The molecule has 0 aliphatic heterocycles. The summed E-state index contributed by atoms with van der Waals surface area (Å²) in [6, 6.07) is 1.73. The molecule has 13 heavy (non-hydrogen) atoms. The fourth-order valence-corrected chi connectivity index (χ4v) is 2.74. The van der Waals surface area contributed by atoms with Crippen molar-refractivity contribution in [2.75, 3.05) is 0 Å². The molecule has 76 valence electrons. The van der Waals surface area contributed by atoms with Crippen molar-refractivity contribution < 1.29 is 0 Å². The lowest BCUT2D eigenvalue weighted by Gasteiger charge is -2.31. The van der Waals surface area contributed by atoms with E-state index >= 15 is 0 Å². The fraction of sp³-hybridized carbons (Fsp3) is 1.00. The molecule has 1 heteroatoms. The predicted molar refractivity (Wildman–Crippen MR) is 56.7 cm³/mol. The van der Waals surface area contributed by atoms with E-state index in [1.165, 1.54) is 38.5 Å². The molecule has 1 nitrogen and oxygen atoms in total. The van der Waals surface area contributed by atoms with Crippen LogP contribution in [0.4, 0.5) is 0 Å². The average Bonchev–Trinajstić information content (AvgIpc) is 2.83. The number of nitrogens with one attached hydrogen (secondary N) is 1. The van der Waals surface area contributed by atoms with Crippen molar-refractivity contribution in [3.05, 3.63) is 0 Å². The number of rotatable bonds is 3. The molecule has 2 rings (SSSR count). The molecule has 0 heterocycles. The van der Waals surface area contributed by atoms with Gasteiger partial charge in [-0.15, -0.1) is 0 Å². The second-order valence-corrected chi connectivity index (χ2v) is 5.05. The highest BCUT2D eigenvalue weighted by molar-refractivity contribution is 4.94. The van der Waals surface area contributed by atoms with Gasteiger partial charge in [0.2, 0.25) is 0 Å². The summed E-state index contributed by atoms with van der Waals surface area (Å²) in [7, 11) is 0. The van der Waals surface area contributed by atoms with Crippen molar-refractivity contribution in [1.29, 1.82) is 0 Å². The van der Waals surface area contributed by atoms with Gasteiger partial charge < -0.3 is 5.32 Å². The van der Waals surface area contributed by atoms with Crippen LogP contribution in [0.1, 0.15) is 52.4 Å². The maximum Gasteiger partial charge on any atom is 0.00990 e. The van der Waals surface area contributed by atoms with Gasteiger partial charge in [0, 0.05) is 12.1 Å². The SMILES string of the molecule is CCC1CCCCC1NC1CC1C. The van der Waals surface area contributed by atoms with Gasteiger partial charge in [0.15, 0.2) is 0 Å². The minimum absolute atomic E-state index is 0.855. The molecule has 2 aliphatic rings. The van der Waals surface area contributed by atoms with Crippen molar-refractivity contribution in [2.45, 2.75) is 64.5 Å². The molecule has 2 fully saturated rings. The van der Waals surface area contributed by atoms with E-state index in [0.29, 0.717) is 0 Å². The van der Waals surface area contributed by atoms with Gasteiger partial charge in [-0.25, -0.2) is 0 Å². The molecule has 2 aliphatic carbocycles. The predicted octanol–water partition coefficient (Wildman–Crippen LogP) is 2.95. The highest BCUT2D eigenvalue weighted by atomic mass is 15.0. The second kappa shape index (κ2) is 4.00. The van der Waals surface area contributed by atoms with Crippen LogP contribution in [0, 0.1) is 11.8 Å². The van der Waals surface area contributed by atoms with Crippen LogP contribution in [0.5, 0.6) is 0 Å². The first kappa shape index (κ1) is 9.51. The Labute approximate surface area is 82.3 Å². The summed E-state index contributed by atoms with van der Waals surface area (Å²) in [5.41, 5.74) is 0. The Morgan fingerprint density at radius 2 is 1.85 bits per heavy atom. The summed E-state index contributed by atoms with van der Waals surface area (Å²) in [6.07, 6.45) is 8.62. The Kier molecular flexibility index (Phi) is 2.92. The maximum atomic E-state index is 3.84. The summed E-state index contributed by atoms with van der Waals surface area (Å²) in [5.74, 6) is 1.93. The lowest BCUT2D eigenvalue weighted by atomic mass is 9.83. The molecule has 0 aromatic rings. The first-order valence-electron chi connectivity index (χ1n) is 6.07. The number of hydrogen-bond acceptors (Lipinski definition) is 1. The smallest absolute Gasteiger partial charge is 0.00990 e. The molecule has 0 spiro atoms. The van der Waals surface area contributed by atoms with Gasteiger partial charge in [0.1, 0.15) is 0 Å². The van der Waals surface area contributed by atoms with Gasteiger partial charge >= 0.3 is 0 Å². The van der Waals surface area contributed by atoms with Crippen molar-refractivity contribution >= 4 is 0 Å². The van der Waals surface area contributed by atoms with E-state index in [4.69, 9.17) is 0 Å². The van der Waals surface area contributed by atoms with Crippen molar-refractivity contribution in [3.63, 3.8) is 0 Å². The third-order valence-corrected chi connectivity index (χ3v) is 3.97. The minimum Gasteiger partial charge on any atom is -0.311 e. The highest BCUT2D eigenvalue weighted by Gasteiger charge is 2.36. The zero-order valence-electron chi connectivity index (χ0n) is 9.05. The van der Waals surface area contributed by atoms with Crippen LogP contribution < -0.4 is 5.32 Å². The summed E-state index contributed by atoms with van der Waals surface area (Å²) >= 11 is 0. The first-order valence-corrected chi connectivity index (χ1v) is 6.07. The summed E-state index contributed by atoms with van der Waals surface area (Å²) in [4.78, 5) is 0. The summed E-state index contributed by atoms with van der Waals surface area (Å²) in [6.45, 7) is 4.71. The van der Waals surface area contributed by atoms with Crippen LogP contribution in [0.15, 0.2) is 0 Å². The Bertz CT molecular complexity index is 167. The van der Waals surface area contributed by atoms with Gasteiger partial charge in [-0.1, -0.05) is 33.1 Å². The van der Waals surface area contributed by atoms with Gasteiger partial charge in [-0.3, -0.25) is 0 Å². The van der Waals surface area contributed by atoms with E-state index in [1.807, 2.05) is 0 Å². The largest absolute Gasteiger partial charge is 0.311 e. The molecule has 4 unspecified atom stereocenters. The van der Waals surface area contributed by atoms with E-state index in [2.05, 4.69) is 19.2 Å². The Morgan fingerprint density at radius 3 is 2.46 bits per heavy atom. The standard InChI is InChI=1S/C12H23N/c1-3-10-6-4-5-7-11(10)13-12-8-9(12)2/h9-13H,3-8H2,1-2H3. The highest BCUT2D eigenvalue weighted by Crippen LogP contribution is 2.34. The molecule has 0 aromatic carbocycles. The Balaban J connectivity index is 1.80. The molecule has 0 amide bonds. The maximum absolute atomic E-state index is 3.84. The zero-order chi connectivity index (χ0) is 9.26. The lowest BCUT2D eigenvalue weighted by Crippen LogP contribution is -2.40. The molecular weight excluding hydrogens is 158 g/mol. The van der Waals surface area contributed by atoms with E-state index < -0.39 is 0 Å². The Morgan fingerprint density at radius 1 is 1.15 bits per heavy atom. The van der Waals surface area contributed by atoms with Crippen LogP contribution in [-0.4, -0.2) is 12.1 Å². The second-order valence-electron chi connectivity index (χ2n) is 5.05. The molecule has 0 saturated heterocycles. The summed E-state index contributed by atoms with van der Waals surface area (Å²) < 4.78 is 0. The molecule has 0 bridgehead atoms. The van der Waals surface area contributed by atoms with Gasteiger partial charge in [0.25, 0.3) is 0 Å². The molecule has 0 radical (unpaired) electrons. The van der Waals surface area contributed by atoms with Crippen molar-refractivity contribution in [1.82, 2.24) is 5.32 Å². The average molecular weight is 181 g/mol. The van der Waals surface area contributed by atoms with Crippen LogP contribution >= 0.6 is 0 Å². The summed E-state index contributed by atoms with van der Waals surface area (Å²) in [5, 5.41) is 3.84. The van der Waals surface area contributed by atoms with Crippen LogP contribution in [0.2, 0.25) is 0 Å². The topological polar surface area (TPSA) is 12.0 Å². The van der Waals surface area contributed by atoms with E-state index in [-0.39, 0.29) is 0 Å². The number of hydrogen-bond donors (Lipinski definition) is 1. The fourth-order valence-electron chi connectivity index (χ4n) is 2.74. The van der Waals surface area contributed by atoms with Crippen molar-refractivity contribution in [3.8, 4) is 0 Å². The minimum atomic E-state index is 0.855. The third-order valence-electron chi connectivity index (χ3n) is 3.97. The quantitative estimate of drug-likeness (QED) is 0.706. The van der Waals surface area contributed by atoms with Crippen LogP contribution in [0.25, 0.3) is 0 Å². The molecule has 2 saturated carbocycles. The van der Waals surface area contributed by atoms with Gasteiger partial charge in [-0.05, 0) is 31.1 Å². The monoisotopic (exact) mass is 181 g/mol. The molecule has 1 N–H and O–H groups in total. The van der Waals surface area contributed by atoms with Crippen LogP contribution in [-0.2, 0) is 0 Å².